The van der Waals surface area contributed by atoms with Crippen LogP contribution in [-0.2, 0) is 30.2 Å². The third kappa shape index (κ3) is 6.14. The number of hydrogen-bond donors (Lipinski definition) is 0. The van der Waals surface area contributed by atoms with Gasteiger partial charge >= 0.3 is 0 Å². The maximum Gasteiger partial charge on any atom is 0.140 e. The zero-order chi connectivity index (χ0) is 19.2. The highest BCUT2D eigenvalue weighted by molar-refractivity contribution is 7.89. The number of unbranched alkanes of at least 4 members (excludes halogenated alkanes) is 1. The Balaban J connectivity index is 1.92. The van der Waals surface area contributed by atoms with Gasteiger partial charge in [0.05, 0.1) is 0 Å². The standard InChI is InChI=1S/C22H30ClNOS/c1-5-6-7-18-8-10-19(11-9-18)12-13-20-14-16-21(17-15-20)24(4)26(25)22(2,3)23/h8-11,14-17H,5-7,12-13H2,1-4H3. The minimum absolute atomic E-state index is 0.781. The van der Waals surface area contributed by atoms with Gasteiger partial charge in [-0.1, -0.05) is 49.7 Å². The molecule has 142 valence electrons. The number of anilines is 1. The molecule has 0 saturated heterocycles. The number of aryl methyl sites for hydroxylation is 3. The normalized spacial score (nSPS) is 12.8. The Morgan fingerprint density at radius 1 is 0.885 bits per heavy atom. The number of nitrogens with zero attached hydrogens (tertiary/aromatic N) is 1. The van der Waals surface area contributed by atoms with Crippen LogP contribution in [0.1, 0.15) is 50.3 Å². The molecule has 0 amide bonds. The van der Waals surface area contributed by atoms with E-state index in [-0.39, 0.29) is 0 Å². The van der Waals surface area contributed by atoms with Gasteiger partial charge in [0, 0.05) is 12.7 Å². The summed E-state index contributed by atoms with van der Waals surface area (Å²) in [5.41, 5.74) is 5.00. The molecule has 4 heteroatoms. The third-order valence-electron chi connectivity index (χ3n) is 4.51. The van der Waals surface area contributed by atoms with Crippen LogP contribution in [0.25, 0.3) is 0 Å². The van der Waals surface area contributed by atoms with E-state index in [1.807, 2.05) is 19.2 Å². The zero-order valence-electron chi connectivity index (χ0n) is 16.3. The fourth-order valence-corrected chi connectivity index (χ4v) is 4.11. The smallest absolute Gasteiger partial charge is 0.140 e. The zero-order valence-corrected chi connectivity index (χ0v) is 17.9. The molecule has 0 aliphatic heterocycles. The summed E-state index contributed by atoms with van der Waals surface area (Å²) < 4.78 is 13.3. The highest BCUT2D eigenvalue weighted by Gasteiger charge is 2.26. The van der Waals surface area contributed by atoms with Crippen LogP contribution in [0, 0.1) is 0 Å². The number of hydrogen-bond acceptors (Lipinski definition) is 1. The fraction of sp³-hybridized carbons (Fsp3) is 0.455. The van der Waals surface area contributed by atoms with Crippen molar-refractivity contribution in [2.45, 2.75) is 57.1 Å². The van der Waals surface area contributed by atoms with Crippen molar-refractivity contribution < 1.29 is 4.21 Å². The van der Waals surface area contributed by atoms with Gasteiger partial charge in [-0.15, -0.1) is 11.6 Å². The Morgan fingerprint density at radius 2 is 1.31 bits per heavy atom. The molecule has 2 aromatic carbocycles. The second kappa shape index (κ2) is 9.57. The van der Waals surface area contributed by atoms with Crippen LogP contribution in [0.15, 0.2) is 48.5 Å². The van der Waals surface area contributed by atoms with Gasteiger partial charge in [-0.05, 0) is 68.4 Å². The van der Waals surface area contributed by atoms with Crippen molar-refractivity contribution in [3.05, 3.63) is 65.2 Å². The quantitative estimate of drug-likeness (QED) is 0.488. The van der Waals surface area contributed by atoms with E-state index < -0.39 is 15.2 Å². The topological polar surface area (TPSA) is 20.3 Å². The Kier molecular flexibility index (Phi) is 7.72. The summed E-state index contributed by atoms with van der Waals surface area (Å²) in [5, 5.41) is 0. The van der Waals surface area contributed by atoms with Crippen molar-refractivity contribution in [2.75, 3.05) is 11.4 Å². The Hall–Kier alpha value is -1.32. The first kappa shape index (κ1) is 21.0. The molecule has 0 heterocycles. The largest absolute Gasteiger partial charge is 0.293 e. The van der Waals surface area contributed by atoms with E-state index in [0.29, 0.717) is 0 Å². The Labute approximate surface area is 166 Å². The summed E-state index contributed by atoms with van der Waals surface area (Å²) in [7, 11) is 0.535. The van der Waals surface area contributed by atoms with Crippen molar-refractivity contribution in [3.63, 3.8) is 0 Å². The maximum absolute atomic E-state index is 12.4. The van der Waals surface area contributed by atoms with Crippen molar-refractivity contribution >= 4 is 28.3 Å². The molecule has 0 aliphatic carbocycles. The van der Waals surface area contributed by atoms with Gasteiger partial charge in [-0.25, -0.2) is 4.21 Å². The molecule has 2 nitrogen and oxygen atoms in total. The second-order valence-electron chi connectivity index (χ2n) is 7.20. The molecule has 0 aliphatic rings. The van der Waals surface area contributed by atoms with Crippen LogP contribution in [-0.4, -0.2) is 15.5 Å². The van der Waals surface area contributed by atoms with Crippen LogP contribution in [0.2, 0.25) is 0 Å². The van der Waals surface area contributed by atoms with E-state index in [9.17, 15) is 4.21 Å². The van der Waals surface area contributed by atoms with Crippen molar-refractivity contribution in [3.8, 4) is 0 Å². The summed E-state index contributed by atoms with van der Waals surface area (Å²) in [6, 6.07) is 17.3. The molecular weight excluding hydrogens is 362 g/mol. The van der Waals surface area contributed by atoms with Crippen LogP contribution in [0.4, 0.5) is 5.69 Å². The van der Waals surface area contributed by atoms with Gasteiger partial charge in [0.25, 0.3) is 0 Å². The molecule has 1 atom stereocenters. The van der Waals surface area contributed by atoms with Crippen molar-refractivity contribution in [1.82, 2.24) is 0 Å². The molecule has 26 heavy (non-hydrogen) atoms. The Morgan fingerprint density at radius 3 is 1.73 bits per heavy atom. The lowest BCUT2D eigenvalue weighted by molar-refractivity contribution is 0.670. The van der Waals surface area contributed by atoms with Crippen LogP contribution in [0.5, 0.6) is 0 Å². The molecule has 1 unspecified atom stereocenters. The summed E-state index contributed by atoms with van der Waals surface area (Å²) in [6.07, 6.45) is 5.70. The number of halogens is 1. The number of benzene rings is 2. The highest BCUT2D eigenvalue weighted by Crippen LogP contribution is 2.25. The predicted molar refractivity (Wildman–Crippen MR) is 115 cm³/mol. The molecule has 0 saturated carbocycles. The lowest BCUT2D eigenvalue weighted by atomic mass is 10.0. The first-order valence-corrected chi connectivity index (χ1v) is 10.8. The number of rotatable bonds is 9. The summed E-state index contributed by atoms with van der Waals surface area (Å²) in [5.74, 6) is 0. The minimum Gasteiger partial charge on any atom is -0.293 e. The van der Waals surface area contributed by atoms with Gasteiger partial charge in [0.1, 0.15) is 15.2 Å². The van der Waals surface area contributed by atoms with Crippen LogP contribution < -0.4 is 4.31 Å². The molecule has 0 radical (unpaired) electrons. The first-order valence-electron chi connectivity index (χ1n) is 9.32. The Bertz CT molecular complexity index is 704. The number of alkyl halides is 1. The van der Waals surface area contributed by atoms with Gasteiger partial charge in [0.2, 0.25) is 0 Å². The molecular formula is C22H30ClNOS. The lowest BCUT2D eigenvalue weighted by Gasteiger charge is -2.25. The molecule has 0 bridgehead atoms. The van der Waals surface area contributed by atoms with E-state index in [4.69, 9.17) is 11.6 Å². The third-order valence-corrected chi connectivity index (χ3v) is 6.44. The van der Waals surface area contributed by atoms with Gasteiger partial charge in [-0.3, -0.25) is 4.31 Å². The second-order valence-corrected chi connectivity index (χ2v) is 10.4. The van der Waals surface area contributed by atoms with Gasteiger partial charge < -0.3 is 0 Å². The van der Waals surface area contributed by atoms with E-state index in [0.717, 1.165) is 18.5 Å². The van der Waals surface area contributed by atoms with Crippen molar-refractivity contribution in [1.29, 1.82) is 0 Å². The first-order chi connectivity index (χ1) is 12.3. The highest BCUT2D eigenvalue weighted by atomic mass is 35.5. The molecule has 0 spiro atoms. The summed E-state index contributed by atoms with van der Waals surface area (Å²) in [6.45, 7) is 5.76. The fourth-order valence-electron chi connectivity index (χ4n) is 2.84. The van der Waals surface area contributed by atoms with Crippen LogP contribution >= 0.6 is 11.6 Å². The molecule has 0 aromatic heterocycles. The minimum atomic E-state index is -1.28. The average Bonchev–Trinajstić information content (AvgIpc) is 2.64. The lowest BCUT2D eigenvalue weighted by Crippen LogP contribution is -2.33. The summed E-state index contributed by atoms with van der Waals surface area (Å²) in [4.78, 5) is 0. The van der Waals surface area contributed by atoms with Crippen LogP contribution in [0.3, 0.4) is 0 Å². The monoisotopic (exact) mass is 391 g/mol. The summed E-state index contributed by atoms with van der Waals surface area (Å²) >= 11 is 6.17. The molecule has 2 aromatic rings. The molecule has 2 rings (SSSR count). The van der Waals surface area contributed by atoms with Crippen molar-refractivity contribution in [2.24, 2.45) is 0 Å². The molecule has 0 fully saturated rings. The van der Waals surface area contributed by atoms with E-state index >= 15 is 0 Å². The van der Waals surface area contributed by atoms with Gasteiger partial charge in [-0.2, -0.15) is 0 Å². The predicted octanol–water partition coefficient (Wildman–Crippen LogP) is 5.89. The van der Waals surface area contributed by atoms with E-state index in [2.05, 4.69) is 43.3 Å². The van der Waals surface area contributed by atoms with E-state index in [1.54, 1.807) is 18.2 Å². The maximum atomic E-state index is 12.4. The average molecular weight is 392 g/mol. The van der Waals surface area contributed by atoms with E-state index in [1.165, 1.54) is 36.0 Å². The SMILES string of the molecule is CCCCc1ccc(CCc2ccc(N(C)S(=O)C(C)(C)Cl)cc2)cc1. The molecule has 0 N–H and O–H groups in total. The van der Waals surface area contributed by atoms with Gasteiger partial charge in [0.15, 0.2) is 0 Å².